The molecule has 6 amide bonds. The van der Waals surface area contributed by atoms with Gasteiger partial charge >= 0.3 is 5.63 Å². The lowest BCUT2D eigenvalue weighted by atomic mass is 10.0. The van der Waals surface area contributed by atoms with Gasteiger partial charge in [0.1, 0.15) is 12.1 Å². The number of rotatable bonds is 7. The van der Waals surface area contributed by atoms with E-state index in [1.807, 2.05) is 0 Å². The Bertz CT molecular complexity index is 3250. The van der Waals surface area contributed by atoms with Gasteiger partial charge < -0.3 is 35.0 Å². The maximum absolute atomic E-state index is 12.5. The van der Waals surface area contributed by atoms with Crippen molar-refractivity contribution in [3.63, 3.8) is 0 Å². The van der Waals surface area contributed by atoms with Crippen molar-refractivity contribution in [1.82, 2.24) is 30.0 Å². The number of fused-ring (bicyclic) bond motifs is 3. The number of nitrogens with one attached hydrogen (secondary N) is 3. The van der Waals surface area contributed by atoms with Crippen LogP contribution in [0.25, 0.3) is 32.3 Å². The number of carbonyl (C=O) groups excluding carboxylic acids is 6. The number of nitrogens with zero attached hydrogens (tertiary/aromatic N) is 5. The summed E-state index contributed by atoms with van der Waals surface area (Å²) in [5.74, 6) is -2.22. The van der Waals surface area contributed by atoms with E-state index in [4.69, 9.17) is 16.6 Å². The van der Waals surface area contributed by atoms with Crippen molar-refractivity contribution < 1.29 is 48.1 Å². The first-order valence-electron chi connectivity index (χ1n) is 23.1. The number of benzene rings is 3. The Kier molecular flexibility index (Phi) is 21.2. The Morgan fingerprint density at radius 1 is 0.581 bits per heavy atom. The largest absolute Gasteiger partial charge is 0.431 e. The number of nitrogens with two attached hydrogens (primary N) is 2. The number of non-ortho nitro benzene ring substituents is 2. The fourth-order valence-electron chi connectivity index (χ4n) is 7.81. The molecule has 392 valence electrons. The van der Waals surface area contributed by atoms with Crippen LogP contribution >= 0.6 is 0 Å². The number of piperidine rings is 3. The Labute approximate surface area is 420 Å². The molecule has 3 aromatic carbocycles. The van der Waals surface area contributed by atoms with E-state index in [2.05, 4.69) is 46.0 Å². The summed E-state index contributed by atoms with van der Waals surface area (Å²) in [5.41, 5.74) is 10.0. The van der Waals surface area contributed by atoms with Crippen molar-refractivity contribution in [2.24, 2.45) is 5.73 Å². The molecule has 3 unspecified atom stereocenters. The van der Waals surface area contributed by atoms with E-state index < -0.39 is 51.0 Å². The lowest BCUT2D eigenvalue weighted by Crippen LogP contribution is -2.48. The Morgan fingerprint density at radius 3 is 1.41 bits per heavy atom. The Balaban J connectivity index is 0.000000210. The molecule has 3 atom stereocenters. The molecule has 0 saturated carbocycles. The van der Waals surface area contributed by atoms with Gasteiger partial charge in [0.25, 0.3) is 22.5 Å². The van der Waals surface area contributed by atoms with Crippen LogP contribution in [0.2, 0.25) is 0 Å². The molecular weight excluding hydrogens is 969 g/mol. The van der Waals surface area contributed by atoms with Gasteiger partial charge in [0.05, 0.1) is 43.7 Å². The number of imide groups is 3. The molecule has 3 aliphatic heterocycles. The van der Waals surface area contributed by atoms with Crippen LogP contribution in [0.4, 0.5) is 17.1 Å². The molecule has 6 aromatic rings. The molecule has 3 aliphatic rings. The molecule has 8 N–H and O–H groups in total. The number of nitro benzene ring substituents is 2. The second-order valence-electron chi connectivity index (χ2n) is 16.2. The quantitative estimate of drug-likeness (QED) is 0.0579. The van der Waals surface area contributed by atoms with Crippen LogP contribution in [0.1, 0.15) is 71.4 Å². The lowest BCUT2D eigenvalue weighted by molar-refractivity contribution is -0.383. The normalized spacial score (nSPS) is 17.0. The fraction of sp³-hybridized carbons (Fsp3) is 0.327. The number of amides is 6. The average Bonchev–Trinajstić information content (AvgIpc) is 3.38. The highest BCUT2D eigenvalue weighted by Crippen LogP contribution is 2.26. The van der Waals surface area contributed by atoms with E-state index in [0.29, 0.717) is 41.1 Å². The Morgan fingerprint density at radius 2 is 0.986 bits per heavy atom. The molecule has 0 radical (unpaired) electrons. The summed E-state index contributed by atoms with van der Waals surface area (Å²) >= 11 is 0. The van der Waals surface area contributed by atoms with Gasteiger partial charge in [0.15, 0.2) is 0 Å². The van der Waals surface area contributed by atoms with Crippen molar-refractivity contribution in [1.29, 1.82) is 0 Å². The van der Waals surface area contributed by atoms with Gasteiger partial charge in [-0.05, 0) is 81.4 Å². The van der Waals surface area contributed by atoms with Gasteiger partial charge in [-0.3, -0.25) is 74.5 Å². The number of hydrogen-bond donors (Lipinski definition) is 6. The molecule has 6 heterocycles. The van der Waals surface area contributed by atoms with Crippen molar-refractivity contribution in [2.75, 3.05) is 32.5 Å². The van der Waals surface area contributed by atoms with Crippen LogP contribution < -0.4 is 44.2 Å². The minimum Gasteiger partial charge on any atom is -0.431 e. The highest BCUT2D eigenvalue weighted by Gasteiger charge is 2.30. The van der Waals surface area contributed by atoms with E-state index in [9.17, 15) is 63.4 Å². The topological polar surface area (TPSA) is 375 Å². The predicted molar refractivity (Wildman–Crippen MR) is 271 cm³/mol. The predicted octanol–water partition coefficient (Wildman–Crippen LogP) is 2.86. The van der Waals surface area contributed by atoms with Crippen LogP contribution in [0.15, 0.2) is 110 Å². The van der Waals surface area contributed by atoms with Crippen LogP contribution in [-0.4, -0.2) is 97.2 Å². The number of aliphatic hydroxyl groups excluding tert-OH is 1. The fourth-order valence-corrected chi connectivity index (χ4v) is 7.81. The summed E-state index contributed by atoms with van der Waals surface area (Å²) in [5, 5.41) is 37.2. The van der Waals surface area contributed by atoms with E-state index in [1.165, 1.54) is 83.5 Å². The third-order valence-corrected chi connectivity index (χ3v) is 11.8. The first-order valence-corrected chi connectivity index (χ1v) is 23.1. The lowest BCUT2D eigenvalue weighted by Gasteiger charge is -2.23. The van der Waals surface area contributed by atoms with Crippen LogP contribution in [0.5, 0.6) is 0 Å². The molecule has 25 nitrogen and oxygen atoms in total. The smallest absolute Gasteiger partial charge is 0.343 e. The molecule has 3 fully saturated rings. The molecule has 0 aliphatic carbocycles. The number of carbonyl (C=O) groups is 6. The van der Waals surface area contributed by atoms with Gasteiger partial charge in [-0.15, -0.1) is 0 Å². The molecule has 74 heavy (non-hydrogen) atoms. The number of nitro groups is 2. The van der Waals surface area contributed by atoms with Crippen molar-refractivity contribution in [3.05, 3.63) is 143 Å². The highest BCUT2D eigenvalue weighted by molar-refractivity contribution is 6.01. The number of nitrogen functional groups attached to an aromatic ring is 1. The summed E-state index contributed by atoms with van der Waals surface area (Å²) in [4.78, 5) is 126. The van der Waals surface area contributed by atoms with E-state index >= 15 is 0 Å². The van der Waals surface area contributed by atoms with Gasteiger partial charge in [-0.1, -0.05) is 39.0 Å². The third kappa shape index (κ3) is 14.4. The molecule has 9 rings (SSSR count). The molecule has 0 bridgehead atoms. The molecule has 0 spiro atoms. The van der Waals surface area contributed by atoms with Crippen molar-refractivity contribution >= 4 is 84.8 Å². The second-order valence-corrected chi connectivity index (χ2v) is 16.2. The summed E-state index contributed by atoms with van der Waals surface area (Å²) in [6.45, 7) is 10.1. The minimum absolute atomic E-state index is 0.0876. The van der Waals surface area contributed by atoms with Crippen LogP contribution in [0, 0.1) is 20.2 Å². The van der Waals surface area contributed by atoms with Crippen molar-refractivity contribution in [2.45, 2.75) is 77.4 Å². The molecular formula is C49H56N10O15. The highest BCUT2D eigenvalue weighted by atomic mass is 16.6. The third-order valence-electron chi connectivity index (χ3n) is 11.8. The summed E-state index contributed by atoms with van der Waals surface area (Å²) < 4.78 is 7.18. The zero-order valence-electron chi connectivity index (χ0n) is 40.8. The van der Waals surface area contributed by atoms with Gasteiger partial charge in [-0.25, -0.2) is 4.79 Å². The second kappa shape index (κ2) is 27.1. The van der Waals surface area contributed by atoms with E-state index in [0.717, 1.165) is 13.4 Å². The van der Waals surface area contributed by atoms with Crippen molar-refractivity contribution in [3.8, 4) is 0 Å². The zero-order chi connectivity index (χ0) is 54.8. The molecule has 25 heteroatoms. The number of pyridine rings is 2. The standard InChI is InChI=1S/C14H11N3O5.C14H13N3O3.C9H5NO4.C6H15N.C5H8N2O2.CH4O/c18-12-5-4-11(13(19)15-12)16-7-6-8-9(14(16)20)2-1-3-10(8)17(21)22;15-10-3-1-2-9-8(10)6-7-17(14(9)20)11-4-5-12(18)16-13(11)19;11-9-7-2-1-3-8(10(12)13)6(7)4-5-14-9;1-4-7(5-2)6-3;6-3-1-2-4(8)7-5(3)9;1-2/h1-3,6-7,11H,4-5H2,(H,15,18,19);1-3,6-7,11H,4-5,15H2,(H,16,18,19);1-5H;4-6H2,1-3H3;3H,1-2,6H2,(H,7,8,9);2H,1H3. The monoisotopic (exact) mass is 1020 g/mol. The van der Waals surface area contributed by atoms with E-state index in [-0.39, 0.29) is 76.0 Å². The molecule has 3 aromatic heterocycles. The maximum Gasteiger partial charge on any atom is 0.343 e. The first kappa shape index (κ1) is 57.8. The maximum atomic E-state index is 12.5. The molecule has 3 saturated heterocycles. The number of anilines is 1. The van der Waals surface area contributed by atoms with Gasteiger partial charge in [-0.2, -0.15) is 0 Å². The first-order chi connectivity index (χ1) is 35.3. The van der Waals surface area contributed by atoms with Gasteiger partial charge in [0, 0.05) is 67.4 Å². The summed E-state index contributed by atoms with van der Waals surface area (Å²) in [6.07, 6.45) is 5.85. The Hall–Kier alpha value is -8.81. The number of hydrogen-bond acceptors (Lipinski definition) is 18. The number of aliphatic hydroxyl groups is 1. The van der Waals surface area contributed by atoms with Gasteiger partial charge in [0.2, 0.25) is 35.4 Å². The number of aromatic nitrogens is 2. The van der Waals surface area contributed by atoms with Crippen LogP contribution in [0.3, 0.4) is 0 Å². The zero-order valence-corrected chi connectivity index (χ0v) is 40.8. The minimum atomic E-state index is -0.783. The SMILES string of the molecule is CCN(CC)CC.CO.NC1CCC(=O)NC1=O.Nc1cccc2c(=O)n(C3CCC(=O)NC3=O)ccc12.O=C1CCC(n2ccc3c([N+](=O)[O-])cccc3c2=O)C(=O)N1.O=c1occc2c([N+](=O)[O-])cccc12. The van der Waals surface area contributed by atoms with E-state index in [1.54, 1.807) is 30.5 Å². The van der Waals surface area contributed by atoms with Crippen LogP contribution in [-0.2, 0) is 28.8 Å². The average molecular weight is 1030 g/mol. The summed E-state index contributed by atoms with van der Waals surface area (Å²) in [7, 11) is 1.00. The summed E-state index contributed by atoms with van der Waals surface area (Å²) in [6, 6.07) is 16.3.